The monoisotopic (exact) mass is 238 g/mol. The molecule has 0 aliphatic rings. The quantitative estimate of drug-likeness (QED) is 0.298. The molecule has 2 N–H and O–H groups in total. The summed E-state index contributed by atoms with van der Waals surface area (Å²) in [5, 5.41) is 15.7. The summed E-state index contributed by atoms with van der Waals surface area (Å²) in [4.78, 5) is 0. The van der Waals surface area contributed by atoms with Gasteiger partial charge in [0.1, 0.15) is 0 Å². The largest absolute Gasteiger partial charge is 0.357 e. The van der Waals surface area contributed by atoms with Crippen molar-refractivity contribution in [3.8, 4) is 0 Å². The first-order valence-corrected chi connectivity index (χ1v) is 6.30. The summed E-state index contributed by atoms with van der Waals surface area (Å²) >= 11 is 7.72. The van der Waals surface area contributed by atoms with Gasteiger partial charge in [0.15, 0.2) is 0 Å². The van der Waals surface area contributed by atoms with Gasteiger partial charge >= 0.3 is 0 Å². The number of aliphatic hydroxyl groups is 2. The number of thiol groups is 2. The Morgan fingerprint density at radius 2 is 1.57 bits per heavy atom. The molecular weight excluding hydrogens is 216 g/mol. The normalized spacial score (nSPS) is 14.4. The lowest BCUT2D eigenvalue weighted by molar-refractivity contribution is -0.0749. The van der Waals surface area contributed by atoms with Crippen LogP contribution in [0.3, 0.4) is 0 Å². The molecule has 0 aromatic carbocycles. The van der Waals surface area contributed by atoms with Crippen LogP contribution >= 0.6 is 25.3 Å². The Hall–Kier alpha value is 0.620. The van der Waals surface area contributed by atoms with Crippen LogP contribution < -0.4 is 0 Å². The molecule has 1 unspecified atom stereocenters. The molecule has 0 amide bonds. The molecule has 0 fully saturated rings. The van der Waals surface area contributed by atoms with E-state index in [9.17, 15) is 0 Å². The van der Waals surface area contributed by atoms with Crippen LogP contribution in [0.5, 0.6) is 0 Å². The highest BCUT2D eigenvalue weighted by atomic mass is 32.1. The molecule has 2 nitrogen and oxygen atoms in total. The minimum Gasteiger partial charge on any atom is -0.357 e. The fourth-order valence-corrected chi connectivity index (χ4v) is 1.62. The molecule has 0 aliphatic heterocycles. The van der Waals surface area contributed by atoms with Crippen LogP contribution in [0.1, 0.15) is 51.9 Å². The van der Waals surface area contributed by atoms with E-state index in [4.69, 9.17) is 10.2 Å². The molecule has 0 aliphatic carbocycles. The van der Waals surface area contributed by atoms with Gasteiger partial charge in [-0.1, -0.05) is 45.4 Å². The number of hydrogen-bond acceptors (Lipinski definition) is 4. The maximum absolute atomic E-state index is 9.07. The highest BCUT2D eigenvalue weighted by Gasteiger charge is 2.26. The third kappa shape index (κ3) is 7.97. The maximum Gasteiger partial charge on any atom is 0.222 e. The second kappa shape index (κ2) is 7.85. The molecule has 0 bridgehead atoms. The minimum atomic E-state index is -1.94. The second-order valence-corrected chi connectivity index (χ2v) is 5.04. The van der Waals surface area contributed by atoms with Crippen LogP contribution in [0.15, 0.2) is 0 Å². The Kier molecular flexibility index (Phi) is 8.20. The van der Waals surface area contributed by atoms with Gasteiger partial charge < -0.3 is 10.2 Å². The Morgan fingerprint density at radius 3 is 2.07 bits per heavy atom. The van der Waals surface area contributed by atoms with Crippen molar-refractivity contribution in [1.82, 2.24) is 0 Å². The van der Waals surface area contributed by atoms with E-state index in [0.29, 0.717) is 6.42 Å². The van der Waals surface area contributed by atoms with Crippen molar-refractivity contribution >= 4 is 25.3 Å². The number of unbranched alkanes of at least 4 members (excludes halogenated alkanes) is 5. The first-order chi connectivity index (χ1) is 6.48. The zero-order valence-corrected chi connectivity index (χ0v) is 10.6. The lowest BCUT2D eigenvalue weighted by atomic mass is 10.1. The van der Waals surface area contributed by atoms with Gasteiger partial charge in [-0.15, -0.1) is 12.6 Å². The van der Waals surface area contributed by atoms with Crippen LogP contribution in [0, 0.1) is 0 Å². The fraction of sp³-hybridized carbons (Fsp3) is 1.00. The summed E-state index contributed by atoms with van der Waals surface area (Å²) < 4.78 is 0. The Morgan fingerprint density at radius 1 is 1.07 bits per heavy atom. The summed E-state index contributed by atoms with van der Waals surface area (Å²) in [6, 6.07) is 0. The molecule has 0 saturated carbocycles. The topological polar surface area (TPSA) is 40.5 Å². The molecule has 0 aromatic heterocycles. The molecule has 86 valence electrons. The van der Waals surface area contributed by atoms with Gasteiger partial charge in [-0.2, -0.15) is 12.6 Å². The van der Waals surface area contributed by atoms with Crippen LogP contribution in [0.2, 0.25) is 0 Å². The highest BCUT2D eigenvalue weighted by molar-refractivity contribution is 7.85. The SMILES string of the molecule is CCCCCCCCC(S)C(O)(O)S. The van der Waals surface area contributed by atoms with Gasteiger partial charge in [0.25, 0.3) is 0 Å². The molecule has 0 radical (unpaired) electrons. The van der Waals surface area contributed by atoms with E-state index in [0.717, 1.165) is 12.8 Å². The Balaban J connectivity index is 3.28. The van der Waals surface area contributed by atoms with Crippen molar-refractivity contribution < 1.29 is 10.2 Å². The van der Waals surface area contributed by atoms with Gasteiger partial charge in [-0.25, -0.2) is 0 Å². The van der Waals surface area contributed by atoms with Crippen LogP contribution in [0.25, 0.3) is 0 Å². The average molecular weight is 238 g/mol. The van der Waals surface area contributed by atoms with Gasteiger partial charge in [0.05, 0.1) is 5.25 Å². The predicted molar refractivity (Wildman–Crippen MR) is 66.9 cm³/mol. The van der Waals surface area contributed by atoms with Gasteiger partial charge in [-0.05, 0) is 6.42 Å². The van der Waals surface area contributed by atoms with E-state index in [2.05, 4.69) is 32.2 Å². The van der Waals surface area contributed by atoms with E-state index >= 15 is 0 Å². The molecule has 0 aromatic rings. The summed E-state index contributed by atoms with van der Waals surface area (Å²) in [5.74, 6) is 0. The molecule has 0 spiro atoms. The molecule has 0 rings (SSSR count). The van der Waals surface area contributed by atoms with Crippen molar-refractivity contribution in [3.63, 3.8) is 0 Å². The van der Waals surface area contributed by atoms with Crippen LogP contribution in [-0.2, 0) is 0 Å². The Labute approximate surface area is 97.9 Å². The fourth-order valence-electron chi connectivity index (χ4n) is 1.31. The van der Waals surface area contributed by atoms with Crippen molar-refractivity contribution in [2.45, 2.75) is 62.2 Å². The van der Waals surface area contributed by atoms with Crippen molar-refractivity contribution in [3.05, 3.63) is 0 Å². The summed E-state index contributed by atoms with van der Waals surface area (Å²) in [6.07, 6.45) is 7.87. The first-order valence-electron chi connectivity index (χ1n) is 5.33. The summed E-state index contributed by atoms with van der Waals surface area (Å²) in [7, 11) is 0. The van der Waals surface area contributed by atoms with Gasteiger partial charge in [0.2, 0.25) is 5.12 Å². The zero-order valence-electron chi connectivity index (χ0n) is 8.82. The molecule has 0 heterocycles. The smallest absolute Gasteiger partial charge is 0.222 e. The number of hydrogen-bond donors (Lipinski definition) is 4. The van der Waals surface area contributed by atoms with Crippen molar-refractivity contribution in [2.24, 2.45) is 0 Å². The Bertz CT molecular complexity index is 135. The van der Waals surface area contributed by atoms with Gasteiger partial charge in [-0.3, -0.25) is 0 Å². The van der Waals surface area contributed by atoms with E-state index in [1.54, 1.807) is 0 Å². The van der Waals surface area contributed by atoms with E-state index < -0.39 is 10.4 Å². The zero-order chi connectivity index (χ0) is 11.0. The maximum atomic E-state index is 9.07. The summed E-state index contributed by atoms with van der Waals surface area (Å²) in [5.41, 5.74) is 0. The lowest BCUT2D eigenvalue weighted by Crippen LogP contribution is -2.32. The number of rotatable bonds is 8. The van der Waals surface area contributed by atoms with Crippen molar-refractivity contribution in [2.75, 3.05) is 0 Å². The molecule has 4 heteroatoms. The average Bonchev–Trinajstić information content (AvgIpc) is 2.09. The van der Waals surface area contributed by atoms with Crippen molar-refractivity contribution in [1.29, 1.82) is 0 Å². The van der Waals surface area contributed by atoms with Crippen LogP contribution in [-0.4, -0.2) is 20.6 Å². The highest BCUT2D eigenvalue weighted by Crippen LogP contribution is 2.22. The van der Waals surface area contributed by atoms with E-state index in [-0.39, 0.29) is 0 Å². The predicted octanol–water partition coefficient (Wildman–Crippen LogP) is 2.60. The van der Waals surface area contributed by atoms with E-state index in [1.165, 1.54) is 25.7 Å². The second-order valence-electron chi connectivity index (χ2n) is 3.76. The lowest BCUT2D eigenvalue weighted by Gasteiger charge is -2.21. The third-order valence-electron chi connectivity index (χ3n) is 2.28. The van der Waals surface area contributed by atoms with Gasteiger partial charge in [0, 0.05) is 0 Å². The molecule has 14 heavy (non-hydrogen) atoms. The molecular formula is C10H22O2S2. The molecule has 0 saturated heterocycles. The summed E-state index contributed by atoms with van der Waals surface area (Å²) in [6.45, 7) is 2.19. The third-order valence-corrected chi connectivity index (χ3v) is 3.41. The minimum absolute atomic E-state index is 0.461. The molecule has 1 atom stereocenters. The first kappa shape index (κ1) is 14.6. The van der Waals surface area contributed by atoms with Crippen LogP contribution in [0.4, 0.5) is 0 Å². The van der Waals surface area contributed by atoms with E-state index in [1.807, 2.05) is 0 Å². The standard InChI is InChI=1S/C10H22O2S2/c1-2-3-4-5-6-7-8-9(13)10(11,12)14/h9,11-14H,2-8H2,1H3.